The summed E-state index contributed by atoms with van der Waals surface area (Å²) in [4.78, 5) is 2.00. The number of rotatable bonds is 6. The Kier molecular flexibility index (Phi) is 5.47. The van der Waals surface area contributed by atoms with Crippen LogP contribution >= 0.6 is 0 Å². The largest absolute Gasteiger partial charge is 0.314 e. The number of nitrogens with zero attached hydrogens (tertiary/aromatic N) is 1. The predicted molar refractivity (Wildman–Crippen MR) is 75.5 cm³/mol. The molecule has 2 rings (SSSR count). The summed E-state index contributed by atoms with van der Waals surface area (Å²) in [5.74, 6) is -0.720. The van der Waals surface area contributed by atoms with Crippen molar-refractivity contribution in [1.82, 2.24) is 14.9 Å². The van der Waals surface area contributed by atoms with E-state index < -0.39 is 15.8 Å². The molecule has 2 N–H and O–H groups in total. The quantitative estimate of drug-likeness (QED) is 0.747. The number of sulfonamides is 1. The smallest absolute Gasteiger partial charge is 0.243 e. The lowest BCUT2D eigenvalue weighted by atomic mass is 10.3. The molecular formula is C13H20FN3O2S. The predicted octanol–water partition coefficient (Wildman–Crippen LogP) is 0.399. The first-order chi connectivity index (χ1) is 9.59. The van der Waals surface area contributed by atoms with Crippen molar-refractivity contribution in [3.63, 3.8) is 0 Å². The molecule has 0 unspecified atom stereocenters. The van der Waals surface area contributed by atoms with Gasteiger partial charge in [-0.05, 0) is 25.1 Å². The Morgan fingerprint density at radius 2 is 1.95 bits per heavy atom. The van der Waals surface area contributed by atoms with E-state index >= 15 is 0 Å². The fourth-order valence-electron chi connectivity index (χ4n) is 2.18. The van der Waals surface area contributed by atoms with E-state index in [9.17, 15) is 12.8 Å². The van der Waals surface area contributed by atoms with E-state index in [1.807, 2.05) is 0 Å². The van der Waals surface area contributed by atoms with Gasteiger partial charge in [0.15, 0.2) is 0 Å². The third-order valence-corrected chi connectivity index (χ3v) is 4.77. The minimum absolute atomic E-state index is 0.290. The summed E-state index contributed by atoms with van der Waals surface area (Å²) < 4.78 is 39.8. The van der Waals surface area contributed by atoms with Gasteiger partial charge in [-0.2, -0.15) is 0 Å². The molecule has 0 aliphatic carbocycles. The number of hydrogen-bond acceptors (Lipinski definition) is 4. The van der Waals surface area contributed by atoms with Crippen LogP contribution in [0, 0.1) is 5.82 Å². The molecule has 1 aliphatic rings. The molecule has 7 heteroatoms. The molecule has 0 atom stereocenters. The fourth-order valence-corrected chi connectivity index (χ4v) is 3.34. The normalized spacial score (nSPS) is 17.2. The van der Waals surface area contributed by atoms with Gasteiger partial charge in [0.1, 0.15) is 10.7 Å². The third-order valence-electron chi connectivity index (χ3n) is 3.28. The Morgan fingerprint density at radius 3 is 2.65 bits per heavy atom. The average molecular weight is 301 g/mol. The number of halogens is 1. The lowest BCUT2D eigenvalue weighted by Crippen LogP contribution is -2.44. The first kappa shape index (κ1) is 15.4. The van der Waals surface area contributed by atoms with Gasteiger partial charge in [0, 0.05) is 32.7 Å². The lowest BCUT2D eigenvalue weighted by Gasteiger charge is -2.27. The van der Waals surface area contributed by atoms with Crippen molar-refractivity contribution in [2.45, 2.75) is 11.3 Å². The van der Waals surface area contributed by atoms with Crippen molar-refractivity contribution in [2.24, 2.45) is 0 Å². The van der Waals surface area contributed by atoms with Crippen LogP contribution in [-0.2, 0) is 10.0 Å². The van der Waals surface area contributed by atoms with Crippen LogP contribution in [0.3, 0.4) is 0 Å². The first-order valence-corrected chi connectivity index (χ1v) is 8.25. The molecule has 0 radical (unpaired) electrons. The first-order valence-electron chi connectivity index (χ1n) is 6.77. The summed E-state index contributed by atoms with van der Waals surface area (Å²) >= 11 is 0. The topological polar surface area (TPSA) is 61.4 Å². The summed E-state index contributed by atoms with van der Waals surface area (Å²) in [5.41, 5.74) is 0. The lowest BCUT2D eigenvalue weighted by molar-refractivity contribution is 0.239. The SMILES string of the molecule is O=S(=O)(NCCCN1CCNCC1)c1ccccc1F. The van der Waals surface area contributed by atoms with Crippen molar-refractivity contribution in [3.05, 3.63) is 30.1 Å². The fraction of sp³-hybridized carbons (Fsp3) is 0.538. The molecular weight excluding hydrogens is 281 g/mol. The number of piperazine rings is 1. The zero-order valence-electron chi connectivity index (χ0n) is 11.3. The highest BCUT2D eigenvalue weighted by Gasteiger charge is 2.17. The van der Waals surface area contributed by atoms with Gasteiger partial charge in [-0.3, -0.25) is 0 Å². The maximum Gasteiger partial charge on any atom is 0.243 e. The van der Waals surface area contributed by atoms with Crippen molar-refractivity contribution in [1.29, 1.82) is 0 Å². The van der Waals surface area contributed by atoms with Crippen LogP contribution in [0.5, 0.6) is 0 Å². The second-order valence-corrected chi connectivity index (χ2v) is 6.51. The van der Waals surface area contributed by atoms with Crippen LogP contribution in [-0.4, -0.2) is 52.6 Å². The van der Waals surface area contributed by atoms with Crippen molar-refractivity contribution < 1.29 is 12.8 Å². The van der Waals surface area contributed by atoms with Crippen LogP contribution in [0.1, 0.15) is 6.42 Å². The molecule has 20 heavy (non-hydrogen) atoms. The molecule has 0 aromatic heterocycles. The van der Waals surface area contributed by atoms with Gasteiger partial charge in [0.25, 0.3) is 0 Å². The molecule has 0 spiro atoms. The van der Waals surface area contributed by atoms with Crippen LogP contribution in [0.2, 0.25) is 0 Å². The Bertz CT molecular complexity index is 530. The summed E-state index contributed by atoms with van der Waals surface area (Å²) in [7, 11) is -3.75. The molecule has 1 saturated heterocycles. The molecule has 5 nitrogen and oxygen atoms in total. The zero-order valence-corrected chi connectivity index (χ0v) is 12.1. The van der Waals surface area contributed by atoms with Gasteiger partial charge >= 0.3 is 0 Å². The highest BCUT2D eigenvalue weighted by atomic mass is 32.2. The zero-order chi connectivity index (χ0) is 14.4. The van der Waals surface area contributed by atoms with E-state index in [1.54, 1.807) is 0 Å². The number of benzene rings is 1. The van der Waals surface area contributed by atoms with E-state index in [0.717, 1.165) is 38.8 Å². The highest BCUT2D eigenvalue weighted by Crippen LogP contribution is 2.12. The summed E-state index contributed by atoms with van der Waals surface area (Å²) in [6.45, 7) is 5.09. The van der Waals surface area contributed by atoms with Gasteiger partial charge < -0.3 is 10.2 Å². The van der Waals surface area contributed by atoms with Crippen molar-refractivity contribution in [3.8, 4) is 0 Å². The molecule has 1 heterocycles. The summed E-state index contributed by atoms with van der Waals surface area (Å²) in [6, 6.07) is 5.40. The van der Waals surface area contributed by atoms with Gasteiger partial charge in [0.05, 0.1) is 0 Å². The van der Waals surface area contributed by atoms with Crippen LogP contribution in [0.4, 0.5) is 4.39 Å². The average Bonchev–Trinajstić information content (AvgIpc) is 2.45. The van der Waals surface area contributed by atoms with Crippen LogP contribution < -0.4 is 10.0 Å². The minimum Gasteiger partial charge on any atom is -0.314 e. The maximum absolute atomic E-state index is 13.5. The molecule has 0 amide bonds. The van der Waals surface area contributed by atoms with Gasteiger partial charge in [-0.15, -0.1) is 0 Å². The summed E-state index contributed by atoms with van der Waals surface area (Å²) in [5, 5.41) is 3.26. The van der Waals surface area contributed by atoms with E-state index in [4.69, 9.17) is 0 Å². The van der Waals surface area contributed by atoms with E-state index in [0.29, 0.717) is 13.0 Å². The van der Waals surface area contributed by atoms with E-state index in [2.05, 4.69) is 14.9 Å². The van der Waals surface area contributed by atoms with Crippen LogP contribution in [0.25, 0.3) is 0 Å². The summed E-state index contributed by atoms with van der Waals surface area (Å²) in [6.07, 6.45) is 0.716. The molecule has 0 bridgehead atoms. The number of hydrogen-bond donors (Lipinski definition) is 2. The Morgan fingerprint density at radius 1 is 1.25 bits per heavy atom. The van der Waals surface area contributed by atoms with E-state index in [-0.39, 0.29) is 4.90 Å². The molecule has 0 saturated carbocycles. The number of nitrogens with one attached hydrogen (secondary N) is 2. The van der Waals surface area contributed by atoms with Crippen molar-refractivity contribution >= 4 is 10.0 Å². The van der Waals surface area contributed by atoms with Gasteiger partial charge in [-0.25, -0.2) is 17.5 Å². The second kappa shape index (κ2) is 7.12. The standard InChI is InChI=1S/C13H20FN3O2S/c14-12-4-1-2-5-13(12)20(18,19)16-6-3-9-17-10-7-15-8-11-17/h1-2,4-5,15-16H,3,6-11H2. The van der Waals surface area contributed by atoms with E-state index in [1.165, 1.54) is 18.2 Å². The third kappa shape index (κ3) is 4.24. The Labute approximate surface area is 119 Å². The Balaban J connectivity index is 1.79. The van der Waals surface area contributed by atoms with Gasteiger partial charge in [0.2, 0.25) is 10.0 Å². The Hall–Kier alpha value is -1.02. The maximum atomic E-state index is 13.5. The molecule has 1 fully saturated rings. The molecule has 1 aromatic rings. The molecule has 1 aromatic carbocycles. The minimum atomic E-state index is -3.75. The van der Waals surface area contributed by atoms with Crippen molar-refractivity contribution in [2.75, 3.05) is 39.3 Å². The van der Waals surface area contributed by atoms with Gasteiger partial charge in [-0.1, -0.05) is 12.1 Å². The monoisotopic (exact) mass is 301 g/mol. The molecule has 1 aliphatic heterocycles. The van der Waals surface area contributed by atoms with Crippen LogP contribution in [0.15, 0.2) is 29.2 Å². The molecule has 112 valence electrons. The second-order valence-electron chi connectivity index (χ2n) is 4.77. The highest BCUT2D eigenvalue weighted by molar-refractivity contribution is 7.89.